The Kier molecular flexibility index (Phi) is 6.67. The van der Waals surface area contributed by atoms with Crippen molar-refractivity contribution in [2.75, 3.05) is 16.8 Å². The summed E-state index contributed by atoms with van der Waals surface area (Å²) < 4.78 is 0. The number of rotatable bonds is 6. The average molecular weight is 317 g/mol. The Morgan fingerprint density at radius 1 is 1.45 bits per heavy atom. The van der Waals surface area contributed by atoms with Gasteiger partial charge in [-0.25, -0.2) is 9.59 Å². The molecule has 0 aliphatic heterocycles. The van der Waals surface area contributed by atoms with Gasteiger partial charge >= 0.3 is 12.0 Å². The second-order valence-electron chi connectivity index (χ2n) is 4.15. The van der Waals surface area contributed by atoms with E-state index in [1.165, 1.54) is 18.2 Å². The molecule has 7 heteroatoms. The Morgan fingerprint density at radius 2 is 2.15 bits per heavy atom. The number of carbonyl (C=O) groups is 2. The van der Waals surface area contributed by atoms with Crippen molar-refractivity contribution in [3.63, 3.8) is 0 Å². The van der Waals surface area contributed by atoms with E-state index in [-0.39, 0.29) is 17.3 Å². The van der Waals surface area contributed by atoms with Gasteiger partial charge in [0.05, 0.1) is 11.3 Å². The summed E-state index contributed by atoms with van der Waals surface area (Å²) in [5, 5.41) is 14.6. The Bertz CT molecular complexity index is 497. The number of halogens is 1. The minimum absolute atomic E-state index is 0.000489. The van der Waals surface area contributed by atoms with Crippen LogP contribution in [-0.4, -0.2) is 34.7 Å². The molecular formula is C13H17ClN2O3S. The van der Waals surface area contributed by atoms with Gasteiger partial charge < -0.3 is 15.7 Å². The first kappa shape index (κ1) is 16.7. The molecule has 0 saturated heterocycles. The minimum Gasteiger partial charge on any atom is -0.478 e. The third-order valence-electron chi connectivity index (χ3n) is 2.41. The van der Waals surface area contributed by atoms with Crippen LogP contribution in [0.4, 0.5) is 10.5 Å². The van der Waals surface area contributed by atoms with Crippen LogP contribution >= 0.6 is 23.4 Å². The fraction of sp³-hybridized carbons (Fsp3) is 0.385. The van der Waals surface area contributed by atoms with Crippen LogP contribution in [0.25, 0.3) is 0 Å². The average Bonchev–Trinajstić information content (AvgIpc) is 2.38. The zero-order valence-corrected chi connectivity index (χ0v) is 12.8. The maximum absolute atomic E-state index is 11.8. The summed E-state index contributed by atoms with van der Waals surface area (Å²) in [5.41, 5.74) is 0.179. The first-order chi connectivity index (χ1) is 9.43. The molecule has 3 N–H and O–H groups in total. The van der Waals surface area contributed by atoms with Crippen molar-refractivity contribution in [2.45, 2.75) is 19.9 Å². The fourth-order valence-corrected chi connectivity index (χ4v) is 2.37. The third kappa shape index (κ3) is 5.30. The number of hydrogen-bond acceptors (Lipinski definition) is 3. The number of carboxylic acid groups (broad SMARTS) is 1. The molecule has 2 amide bonds. The van der Waals surface area contributed by atoms with E-state index in [1.54, 1.807) is 11.8 Å². The number of carbonyl (C=O) groups excluding carboxylic acids is 1. The highest BCUT2D eigenvalue weighted by Gasteiger charge is 2.14. The lowest BCUT2D eigenvalue weighted by molar-refractivity contribution is 0.0698. The number of urea groups is 1. The van der Waals surface area contributed by atoms with Crippen molar-refractivity contribution >= 4 is 41.1 Å². The summed E-state index contributed by atoms with van der Waals surface area (Å²) in [5.74, 6) is 0.641. The van der Waals surface area contributed by atoms with Crippen LogP contribution in [0.15, 0.2) is 18.2 Å². The van der Waals surface area contributed by atoms with Crippen LogP contribution in [0, 0.1) is 0 Å². The Morgan fingerprint density at radius 3 is 2.75 bits per heavy atom. The van der Waals surface area contributed by atoms with Crippen LogP contribution in [0.5, 0.6) is 0 Å². The maximum atomic E-state index is 11.8. The Hall–Kier alpha value is -1.40. The Balaban J connectivity index is 2.68. The summed E-state index contributed by atoms with van der Waals surface area (Å²) in [6.45, 7) is 3.94. The first-order valence-corrected chi connectivity index (χ1v) is 7.65. The quantitative estimate of drug-likeness (QED) is 0.752. The smallest absolute Gasteiger partial charge is 0.337 e. The lowest BCUT2D eigenvalue weighted by Crippen LogP contribution is -2.37. The highest BCUT2D eigenvalue weighted by molar-refractivity contribution is 7.99. The zero-order chi connectivity index (χ0) is 15.1. The SMILES string of the molecule is CCSCC(C)NC(=O)Nc1ccc(Cl)cc1C(=O)O. The van der Waals surface area contributed by atoms with Gasteiger partial charge in [0, 0.05) is 16.8 Å². The van der Waals surface area contributed by atoms with Gasteiger partial charge in [-0.2, -0.15) is 11.8 Å². The van der Waals surface area contributed by atoms with Gasteiger partial charge in [0.15, 0.2) is 0 Å². The fourth-order valence-electron chi connectivity index (χ4n) is 1.52. The molecule has 0 aromatic heterocycles. The highest BCUT2D eigenvalue weighted by atomic mass is 35.5. The normalized spacial score (nSPS) is 11.8. The van der Waals surface area contributed by atoms with Crippen molar-refractivity contribution in [3.05, 3.63) is 28.8 Å². The van der Waals surface area contributed by atoms with Crippen LogP contribution in [0.1, 0.15) is 24.2 Å². The van der Waals surface area contributed by atoms with Crippen molar-refractivity contribution in [2.24, 2.45) is 0 Å². The second-order valence-corrected chi connectivity index (χ2v) is 5.91. The standard InChI is InChI=1S/C13H17ClN2O3S/c1-3-20-7-8(2)15-13(19)16-11-5-4-9(14)6-10(11)12(17)18/h4-6,8H,3,7H2,1-2H3,(H,17,18)(H2,15,16,19). The van der Waals surface area contributed by atoms with E-state index >= 15 is 0 Å². The first-order valence-electron chi connectivity index (χ1n) is 6.12. The van der Waals surface area contributed by atoms with E-state index < -0.39 is 12.0 Å². The number of thioether (sulfide) groups is 1. The molecular weight excluding hydrogens is 300 g/mol. The summed E-state index contributed by atoms with van der Waals surface area (Å²) in [7, 11) is 0. The van der Waals surface area contributed by atoms with E-state index in [4.69, 9.17) is 16.7 Å². The monoisotopic (exact) mass is 316 g/mol. The maximum Gasteiger partial charge on any atom is 0.337 e. The molecule has 1 aromatic carbocycles. The van der Waals surface area contributed by atoms with Crippen molar-refractivity contribution < 1.29 is 14.7 Å². The predicted octanol–water partition coefficient (Wildman–Crippen LogP) is 3.30. The van der Waals surface area contributed by atoms with Crippen molar-refractivity contribution in [1.29, 1.82) is 0 Å². The number of hydrogen-bond donors (Lipinski definition) is 3. The molecule has 1 rings (SSSR count). The molecule has 1 atom stereocenters. The molecule has 110 valence electrons. The lowest BCUT2D eigenvalue weighted by Gasteiger charge is -2.15. The summed E-state index contributed by atoms with van der Waals surface area (Å²) in [4.78, 5) is 22.9. The molecule has 0 fully saturated rings. The largest absolute Gasteiger partial charge is 0.478 e. The zero-order valence-electron chi connectivity index (χ0n) is 11.3. The van der Waals surface area contributed by atoms with Gasteiger partial charge in [0.2, 0.25) is 0 Å². The number of carboxylic acids is 1. The molecule has 0 aliphatic carbocycles. The third-order valence-corrected chi connectivity index (χ3v) is 3.79. The minimum atomic E-state index is -1.14. The van der Waals surface area contributed by atoms with Gasteiger partial charge in [-0.3, -0.25) is 0 Å². The molecule has 0 heterocycles. The lowest BCUT2D eigenvalue weighted by atomic mass is 10.2. The van der Waals surface area contributed by atoms with Crippen LogP contribution in [0.3, 0.4) is 0 Å². The summed E-state index contributed by atoms with van der Waals surface area (Å²) >= 11 is 7.46. The molecule has 0 saturated carbocycles. The van der Waals surface area contributed by atoms with E-state index in [9.17, 15) is 9.59 Å². The van der Waals surface area contributed by atoms with E-state index in [0.29, 0.717) is 5.02 Å². The topological polar surface area (TPSA) is 78.4 Å². The van der Waals surface area contributed by atoms with E-state index in [1.807, 2.05) is 13.8 Å². The molecule has 20 heavy (non-hydrogen) atoms. The second kappa shape index (κ2) is 8.01. The molecule has 0 radical (unpaired) electrons. The molecule has 0 spiro atoms. The molecule has 5 nitrogen and oxygen atoms in total. The van der Waals surface area contributed by atoms with Gasteiger partial charge in [0.25, 0.3) is 0 Å². The Labute approximate surface area is 127 Å². The highest BCUT2D eigenvalue weighted by Crippen LogP contribution is 2.20. The van der Waals surface area contributed by atoms with Crippen molar-refractivity contribution in [3.8, 4) is 0 Å². The number of nitrogens with one attached hydrogen (secondary N) is 2. The predicted molar refractivity (Wildman–Crippen MR) is 83.0 cm³/mol. The summed E-state index contributed by atoms with van der Waals surface area (Å²) in [6, 6.07) is 3.87. The van der Waals surface area contributed by atoms with Crippen LogP contribution < -0.4 is 10.6 Å². The summed E-state index contributed by atoms with van der Waals surface area (Å²) in [6.07, 6.45) is 0. The van der Waals surface area contributed by atoms with E-state index in [0.717, 1.165) is 11.5 Å². The number of benzene rings is 1. The number of amides is 2. The van der Waals surface area contributed by atoms with Gasteiger partial charge in [-0.1, -0.05) is 18.5 Å². The van der Waals surface area contributed by atoms with Crippen molar-refractivity contribution in [1.82, 2.24) is 5.32 Å². The van der Waals surface area contributed by atoms with E-state index in [2.05, 4.69) is 10.6 Å². The molecule has 1 unspecified atom stereocenters. The molecule has 0 aliphatic rings. The van der Waals surface area contributed by atoms with Crippen LogP contribution in [0.2, 0.25) is 5.02 Å². The van der Waals surface area contributed by atoms with Gasteiger partial charge in [0.1, 0.15) is 0 Å². The van der Waals surface area contributed by atoms with Crippen LogP contribution in [-0.2, 0) is 0 Å². The van der Waals surface area contributed by atoms with Gasteiger partial charge in [-0.05, 0) is 30.9 Å². The molecule has 1 aromatic rings. The number of aromatic carboxylic acids is 1. The molecule has 0 bridgehead atoms. The van der Waals surface area contributed by atoms with Gasteiger partial charge in [-0.15, -0.1) is 0 Å². The number of anilines is 1.